The zero-order valence-corrected chi connectivity index (χ0v) is 19.4. The van der Waals surface area contributed by atoms with Crippen LogP contribution in [0.25, 0.3) is 0 Å². The molecule has 2 N–H and O–H groups in total. The van der Waals surface area contributed by atoms with E-state index in [2.05, 4.69) is 10.6 Å². The maximum Gasteiger partial charge on any atom is 0.416 e. The first kappa shape index (κ1) is 24.8. The first-order valence-corrected chi connectivity index (χ1v) is 11.6. The summed E-state index contributed by atoms with van der Waals surface area (Å²) in [6.45, 7) is 0.193. The van der Waals surface area contributed by atoms with Gasteiger partial charge in [0.1, 0.15) is 10.7 Å². The van der Waals surface area contributed by atoms with Crippen molar-refractivity contribution in [3.05, 3.63) is 76.0 Å². The van der Waals surface area contributed by atoms with Gasteiger partial charge >= 0.3 is 6.18 Å². The Balaban J connectivity index is 1.37. The van der Waals surface area contributed by atoms with E-state index in [1.807, 2.05) is 0 Å². The van der Waals surface area contributed by atoms with Crippen molar-refractivity contribution >= 4 is 35.0 Å². The van der Waals surface area contributed by atoms with Crippen molar-refractivity contribution in [3.8, 4) is 0 Å². The molecule has 0 unspecified atom stereocenters. The highest BCUT2D eigenvalue weighted by atomic mass is 35.5. The molecule has 4 rings (SSSR count). The van der Waals surface area contributed by atoms with Crippen LogP contribution in [0.5, 0.6) is 0 Å². The van der Waals surface area contributed by atoms with Gasteiger partial charge in [0.15, 0.2) is 0 Å². The third-order valence-electron chi connectivity index (χ3n) is 6.13. The lowest BCUT2D eigenvalue weighted by Gasteiger charge is -2.29. The Bertz CT molecular complexity index is 1170. The minimum Gasteiger partial charge on any atom is -0.375 e. The lowest BCUT2D eigenvalue weighted by atomic mass is 9.94. The maximum absolute atomic E-state index is 12.9. The highest BCUT2D eigenvalue weighted by Gasteiger charge is 2.41. The Morgan fingerprint density at radius 3 is 2.34 bits per heavy atom. The lowest BCUT2D eigenvalue weighted by Crippen LogP contribution is -2.43. The van der Waals surface area contributed by atoms with Crippen molar-refractivity contribution in [1.82, 2.24) is 10.2 Å². The topological polar surface area (TPSA) is 78.5 Å². The fourth-order valence-electron chi connectivity index (χ4n) is 4.28. The summed E-state index contributed by atoms with van der Waals surface area (Å²) in [5.41, 5.74) is 0.206. The van der Waals surface area contributed by atoms with Crippen LogP contribution in [-0.4, -0.2) is 28.7 Å². The van der Waals surface area contributed by atoms with Gasteiger partial charge in [0.2, 0.25) is 0 Å². The first-order chi connectivity index (χ1) is 16.6. The molecule has 10 heteroatoms. The summed E-state index contributed by atoms with van der Waals surface area (Å²) in [4.78, 5) is 39.1. The molecule has 0 radical (unpaired) electrons. The molecule has 3 amide bonds. The van der Waals surface area contributed by atoms with Crippen molar-refractivity contribution in [1.29, 1.82) is 0 Å². The fraction of sp³-hybridized carbons (Fsp3) is 0.320. The number of hydrogen-bond acceptors (Lipinski definition) is 4. The molecule has 2 aliphatic rings. The Morgan fingerprint density at radius 2 is 1.69 bits per heavy atom. The van der Waals surface area contributed by atoms with Crippen LogP contribution >= 0.6 is 11.6 Å². The molecule has 0 aromatic heterocycles. The standard InChI is InChI=1S/C25H23ClF3N3O3/c26-20-21(24(35)32(23(20)34)19-7-2-1-3-8-19)30-14-15-9-11-16(12-10-15)22(33)31-18-6-4-5-17(13-18)25(27,28)29/h4-6,9-13,19,30H,1-3,7-8,14H2,(H,31,33). The van der Waals surface area contributed by atoms with Crippen LogP contribution < -0.4 is 10.6 Å². The third kappa shape index (κ3) is 5.51. The second-order valence-corrected chi connectivity index (χ2v) is 8.92. The number of amides is 3. The highest BCUT2D eigenvalue weighted by molar-refractivity contribution is 6.47. The number of rotatable bonds is 6. The lowest BCUT2D eigenvalue weighted by molar-refractivity contribution is -0.141. The van der Waals surface area contributed by atoms with Crippen LogP contribution in [0.3, 0.4) is 0 Å². The molecule has 0 saturated heterocycles. The molecule has 1 fully saturated rings. The predicted molar refractivity (Wildman–Crippen MR) is 124 cm³/mol. The predicted octanol–water partition coefficient (Wildman–Crippen LogP) is 5.20. The number of halogens is 4. The largest absolute Gasteiger partial charge is 0.416 e. The molecule has 35 heavy (non-hydrogen) atoms. The third-order valence-corrected chi connectivity index (χ3v) is 6.48. The summed E-state index contributed by atoms with van der Waals surface area (Å²) in [7, 11) is 0. The van der Waals surface area contributed by atoms with Gasteiger partial charge in [-0.1, -0.05) is 49.1 Å². The van der Waals surface area contributed by atoms with Gasteiger partial charge in [-0.2, -0.15) is 13.2 Å². The van der Waals surface area contributed by atoms with E-state index in [0.29, 0.717) is 5.56 Å². The number of carbonyl (C=O) groups is 3. The average Bonchev–Trinajstić information content (AvgIpc) is 3.05. The van der Waals surface area contributed by atoms with E-state index in [0.717, 1.165) is 44.2 Å². The van der Waals surface area contributed by atoms with Gasteiger partial charge < -0.3 is 10.6 Å². The minimum atomic E-state index is -4.51. The average molecular weight is 506 g/mol. The Morgan fingerprint density at radius 1 is 1.00 bits per heavy atom. The number of imide groups is 1. The summed E-state index contributed by atoms with van der Waals surface area (Å²) in [5.74, 6) is -1.47. The van der Waals surface area contributed by atoms with Gasteiger partial charge in [0.25, 0.3) is 17.7 Å². The summed E-state index contributed by atoms with van der Waals surface area (Å²) >= 11 is 6.17. The Hall–Kier alpha value is -3.33. The highest BCUT2D eigenvalue weighted by Crippen LogP contribution is 2.32. The van der Waals surface area contributed by atoms with Crippen LogP contribution in [-0.2, 0) is 22.3 Å². The van der Waals surface area contributed by atoms with E-state index in [4.69, 9.17) is 11.6 Å². The van der Waals surface area contributed by atoms with Crippen molar-refractivity contribution in [2.45, 2.75) is 50.9 Å². The van der Waals surface area contributed by atoms with Gasteiger partial charge in [-0.3, -0.25) is 19.3 Å². The molecule has 1 aliphatic heterocycles. The van der Waals surface area contributed by atoms with E-state index in [-0.39, 0.29) is 34.6 Å². The van der Waals surface area contributed by atoms with Crippen molar-refractivity contribution in [2.75, 3.05) is 5.32 Å². The number of hydrogen-bond donors (Lipinski definition) is 2. The monoisotopic (exact) mass is 505 g/mol. The Labute approximate surface area is 205 Å². The number of alkyl halides is 3. The smallest absolute Gasteiger partial charge is 0.375 e. The summed E-state index contributed by atoms with van der Waals surface area (Å²) in [5, 5.41) is 5.26. The SMILES string of the molecule is O=C(Nc1cccc(C(F)(F)F)c1)c1ccc(CNC2=C(Cl)C(=O)N(C3CCCCC3)C2=O)cc1. The van der Waals surface area contributed by atoms with E-state index >= 15 is 0 Å². The summed E-state index contributed by atoms with van der Waals surface area (Å²) in [6, 6.07) is 10.6. The van der Waals surface area contributed by atoms with Crippen molar-refractivity contribution in [3.63, 3.8) is 0 Å². The molecular formula is C25H23ClF3N3O3. The van der Waals surface area contributed by atoms with Crippen LogP contribution in [0, 0.1) is 0 Å². The molecule has 2 aromatic rings. The second-order valence-electron chi connectivity index (χ2n) is 8.54. The Kier molecular flexibility index (Phi) is 7.16. The minimum absolute atomic E-state index is 0.0316. The molecule has 6 nitrogen and oxygen atoms in total. The number of nitrogens with one attached hydrogen (secondary N) is 2. The van der Waals surface area contributed by atoms with Crippen LogP contribution in [0.1, 0.15) is 53.6 Å². The normalized spacial score (nSPS) is 17.2. The van der Waals surface area contributed by atoms with E-state index < -0.39 is 29.5 Å². The molecule has 1 heterocycles. The molecule has 184 valence electrons. The molecule has 1 saturated carbocycles. The second kappa shape index (κ2) is 10.1. The molecule has 0 spiro atoms. The van der Waals surface area contributed by atoms with Gasteiger partial charge in [0.05, 0.1) is 5.56 Å². The number of anilines is 1. The molecule has 2 aromatic carbocycles. The van der Waals surface area contributed by atoms with Gasteiger partial charge in [-0.15, -0.1) is 0 Å². The van der Waals surface area contributed by atoms with Crippen molar-refractivity contribution in [2.24, 2.45) is 0 Å². The van der Waals surface area contributed by atoms with E-state index in [1.54, 1.807) is 12.1 Å². The number of nitrogens with zero attached hydrogens (tertiary/aromatic N) is 1. The fourth-order valence-corrected chi connectivity index (χ4v) is 4.52. The number of carbonyl (C=O) groups excluding carboxylic acids is 3. The molecule has 0 atom stereocenters. The number of benzene rings is 2. The first-order valence-electron chi connectivity index (χ1n) is 11.2. The van der Waals surface area contributed by atoms with E-state index in [9.17, 15) is 27.6 Å². The molecule has 1 aliphatic carbocycles. The van der Waals surface area contributed by atoms with Crippen LogP contribution in [0.4, 0.5) is 18.9 Å². The van der Waals surface area contributed by atoms with Crippen molar-refractivity contribution < 1.29 is 27.6 Å². The summed E-state index contributed by atoms with van der Waals surface area (Å²) in [6.07, 6.45) is 0.0723. The quantitative estimate of drug-likeness (QED) is 0.529. The van der Waals surface area contributed by atoms with Gasteiger partial charge in [-0.05, 0) is 48.7 Å². The van der Waals surface area contributed by atoms with Gasteiger partial charge in [-0.25, -0.2) is 0 Å². The van der Waals surface area contributed by atoms with Gasteiger partial charge in [0, 0.05) is 23.8 Å². The maximum atomic E-state index is 12.9. The van der Waals surface area contributed by atoms with Crippen LogP contribution in [0.15, 0.2) is 59.3 Å². The van der Waals surface area contributed by atoms with E-state index in [1.165, 1.54) is 29.2 Å². The summed E-state index contributed by atoms with van der Waals surface area (Å²) < 4.78 is 38.6. The molecular weight excluding hydrogens is 483 g/mol. The zero-order valence-electron chi connectivity index (χ0n) is 18.6. The van der Waals surface area contributed by atoms with Crippen LogP contribution in [0.2, 0.25) is 0 Å². The molecule has 0 bridgehead atoms. The zero-order chi connectivity index (χ0) is 25.2.